The van der Waals surface area contributed by atoms with Crippen molar-refractivity contribution >= 4 is 6.34 Å². The van der Waals surface area contributed by atoms with Gasteiger partial charge >= 0.3 is 0 Å². The summed E-state index contributed by atoms with van der Waals surface area (Å²) in [4.78, 5) is 3.69. The van der Waals surface area contributed by atoms with Gasteiger partial charge in [-0.15, -0.1) is 0 Å². The van der Waals surface area contributed by atoms with E-state index < -0.39 is 5.79 Å². The highest BCUT2D eigenvalue weighted by Crippen LogP contribution is 1.89. The van der Waals surface area contributed by atoms with E-state index in [2.05, 4.69) is 10.3 Å². The van der Waals surface area contributed by atoms with Gasteiger partial charge in [0.2, 0.25) is 0 Å². The van der Waals surface area contributed by atoms with Crippen molar-refractivity contribution in [3.63, 3.8) is 0 Å². The Labute approximate surface area is 49.0 Å². The van der Waals surface area contributed by atoms with Crippen LogP contribution in [0.15, 0.2) is 4.99 Å². The molecular formula is C4H12N4. The summed E-state index contributed by atoms with van der Waals surface area (Å²) in [7, 11) is 1.72. The van der Waals surface area contributed by atoms with Gasteiger partial charge in [-0.25, -0.2) is 4.99 Å². The number of aliphatic imine (C=N–C) groups is 1. The molecule has 0 aromatic heterocycles. The Morgan fingerprint density at radius 3 is 2.38 bits per heavy atom. The molecular weight excluding hydrogens is 104 g/mol. The van der Waals surface area contributed by atoms with Crippen LogP contribution in [0.1, 0.15) is 6.92 Å². The number of nitrogens with one attached hydrogen (secondary N) is 1. The minimum absolute atomic E-state index is 0.714. The Morgan fingerprint density at radius 2 is 2.25 bits per heavy atom. The summed E-state index contributed by atoms with van der Waals surface area (Å²) in [6.07, 6.45) is 1.18. The number of nitrogens with zero attached hydrogens (tertiary/aromatic N) is 1. The average molecular weight is 116 g/mol. The van der Waals surface area contributed by atoms with Crippen molar-refractivity contribution in [2.45, 2.75) is 12.7 Å². The highest BCUT2D eigenvalue weighted by Gasteiger charge is 2.09. The molecule has 0 radical (unpaired) electrons. The van der Waals surface area contributed by atoms with Gasteiger partial charge < -0.3 is 5.73 Å². The van der Waals surface area contributed by atoms with E-state index in [-0.39, 0.29) is 0 Å². The first-order chi connectivity index (χ1) is 3.62. The average Bonchev–Trinajstić information content (AvgIpc) is 1.67. The number of hydrogen-bond acceptors (Lipinski definition) is 3. The summed E-state index contributed by atoms with van der Waals surface area (Å²) in [6, 6.07) is 0. The minimum Gasteiger partial charge on any atom is -0.390 e. The van der Waals surface area contributed by atoms with E-state index in [1.165, 1.54) is 6.34 Å². The second-order valence-corrected chi connectivity index (χ2v) is 1.68. The monoisotopic (exact) mass is 116 g/mol. The SMILES string of the molecule is CNC(C)(N)N=CN. The lowest BCUT2D eigenvalue weighted by molar-refractivity contribution is 0.422. The molecule has 48 valence electrons. The minimum atomic E-state index is -0.714. The molecule has 0 fully saturated rings. The zero-order valence-corrected chi connectivity index (χ0v) is 5.18. The molecule has 1 unspecified atom stereocenters. The normalized spacial score (nSPS) is 18.9. The molecule has 0 bridgehead atoms. The Morgan fingerprint density at radius 1 is 1.75 bits per heavy atom. The molecule has 0 spiro atoms. The van der Waals surface area contributed by atoms with E-state index in [0.717, 1.165) is 0 Å². The summed E-state index contributed by atoms with van der Waals surface area (Å²) in [6.45, 7) is 1.72. The van der Waals surface area contributed by atoms with Gasteiger partial charge in [0.25, 0.3) is 0 Å². The van der Waals surface area contributed by atoms with E-state index in [0.29, 0.717) is 0 Å². The van der Waals surface area contributed by atoms with Crippen LogP contribution in [0.3, 0.4) is 0 Å². The molecule has 0 rings (SSSR count). The standard InChI is InChI=1S/C4H12N4/c1-4(6,7-2)8-3-5/h3,7H,6H2,1-2H3,(H2,5,8). The second kappa shape index (κ2) is 2.64. The van der Waals surface area contributed by atoms with Crippen LogP contribution in [-0.2, 0) is 0 Å². The van der Waals surface area contributed by atoms with Crippen LogP contribution in [0.4, 0.5) is 0 Å². The van der Waals surface area contributed by atoms with Gasteiger partial charge in [-0.05, 0) is 14.0 Å². The van der Waals surface area contributed by atoms with Crippen molar-refractivity contribution < 1.29 is 0 Å². The summed E-state index contributed by atoms with van der Waals surface area (Å²) in [5, 5.41) is 2.74. The largest absolute Gasteiger partial charge is 0.390 e. The molecule has 0 aliphatic heterocycles. The van der Waals surface area contributed by atoms with Gasteiger partial charge in [0.15, 0.2) is 5.79 Å². The first-order valence-corrected chi connectivity index (χ1v) is 2.35. The van der Waals surface area contributed by atoms with Gasteiger partial charge in [0.1, 0.15) is 0 Å². The summed E-state index contributed by atoms with van der Waals surface area (Å²) < 4.78 is 0. The molecule has 0 saturated heterocycles. The zero-order valence-electron chi connectivity index (χ0n) is 5.18. The first kappa shape index (κ1) is 7.39. The van der Waals surface area contributed by atoms with E-state index in [9.17, 15) is 0 Å². The highest BCUT2D eigenvalue weighted by atomic mass is 15.2. The molecule has 8 heavy (non-hydrogen) atoms. The Hall–Kier alpha value is -0.610. The number of hydrogen-bond donors (Lipinski definition) is 3. The molecule has 0 aromatic carbocycles. The van der Waals surface area contributed by atoms with E-state index in [4.69, 9.17) is 11.5 Å². The second-order valence-electron chi connectivity index (χ2n) is 1.68. The van der Waals surface area contributed by atoms with Gasteiger partial charge in [-0.2, -0.15) is 0 Å². The molecule has 0 aromatic rings. The van der Waals surface area contributed by atoms with Crippen LogP contribution in [0.25, 0.3) is 0 Å². The lowest BCUT2D eigenvalue weighted by Gasteiger charge is -2.16. The Balaban J connectivity index is 3.71. The van der Waals surface area contributed by atoms with E-state index in [1.807, 2.05) is 0 Å². The first-order valence-electron chi connectivity index (χ1n) is 2.35. The van der Waals surface area contributed by atoms with Gasteiger partial charge in [0.05, 0.1) is 6.34 Å². The third kappa shape index (κ3) is 2.54. The molecule has 0 aliphatic carbocycles. The predicted molar refractivity (Wildman–Crippen MR) is 34.3 cm³/mol. The van der Waals surface area contributed by atoms with Gasteiger partial charge in [-0.1, -0.05) is 0 Å². The lowest BCUT2D eigenvalue weighted by atomic mass is 10.4. The molecule has 0 heterocycles. The smallest absolute Gasteiger partial charge is 0.160 e. The van der Waals surface area contributed by atoms with Gasteiger partial charge in [-0.3, -0.25) is 11.1 Å². The molecule has 4 heteroatoms. The highest BCUT2D eigenvalue weighted by molar-refractivity contribution is 5.51. The van der Waals surface area contributed by atoms with Crippen molar-refractivity contribution in [2.24, 2.45) is 16.5 Å². The molecule has 0 saturated carbocycles. The van der Waals surface area contributed by atoms with Crippen LogP contribution in [-0.4, -0.2) is 19.2 Å². The van der Waals surface area contributed by atoms with Crippen LogP contribution in [0.5, 0.6) is 0 Å². The van der Waals surface area contributed by atoms with Crippen molar-refractivity contribution in [1.29, 1.82) is 0 Å². The van der Waals surface area contributed by atoms with E-state index in [1.54, 1.807) is 14.0 Å². The predicted octanol–water partition coefficient (Wildman–Crippen LogP) is -1.17. The van der Waals surface area contributed by atoms with Gasteiger partial charge in [0, 0.05) is 0 Å². The number of nitrogens with two attached hydrogens (primary N) is 2. The Kier molecular flexibility index (Phi) is 2.44. The van der Waals surface area contributed by atoms with Crippen LogP contribution in [0, 0.1) is 0 Å². The van der Waals surface area contributed by atoms with E-state index >= 15 is 0 Å². The van der Waals surface area contributed by atoms with Crippen molar-refractivity contribution in [3.8, 4) is 0 Å². The topological polar surface area (TPSA) is 76.4 Å². The van der Waals surface area contributed by atoms with Crippen LogP contribution >= 0.6 is 0 Å². The van der Waals surface area contributed by atoms with Crippen LogP contribution < -0.4 is 16.8 Å². The Bertz CT molecular complexity index is 86.0. The maximum Gasteiger partial charge on any atom is 0.160 e. The lowest BCUT2D eigenvalue weighted by Crippen LogP contribution is -2.47. The summed E-state index contributed by atoms with van der Waals surface area (Å²) in [5.41, 5.74) is 10.4. The maximum atomic E-state index is 5.44. The third-order valence-electron chi connectivity index (χ3n) is 0.849. The van der Waals surface area contributed by atoms with Crippen molar-refractivity contribution in [3.05, 3.63) is 0 Å². The zero-order chi connectivity index (χ0) is 6.62. The molecule has 0 amide bonds. The van der Waals surface area contributed by atoms with Crippen molar-refractivity contribution in [2.75, 3.05) is 7.05 Å². The third-order valence-corrected chi connectivity index (χ3v) is 0.849. The molecule has 0 aliphatic rings. The quantitative estimate of drug-likeness (QED) is 0.241. The fraction of sp³-hybridized carbons (Fsp3) is 0.750. The van der Waals surface area contributed by atoms with Crippen LogP contribution in [0.2, 0.25) is 0 Å². The van der Waals surface area contributed by atoms with Crippen molar-refractivity contribution in [1.82, 2.24) is 5.32 Å². The summed E-state index contributed by atoms with van der Waals surface area (Å²) in [5.74, 6) is -0.714. The fourth-order valence-electron chi connectivity index (χ4n) is 0.219. The molecule has 4 nitrogen and oxygen atoms in total. The molecule has 1 atom stereocenters. The fourth-order valence-corrected chi connectivity index (χ4v) is 0.219. The molecule has 5 N–H and O–H groups in total. The maximum absolute atomic E-state index is 5.44. The number of rotatable bonds is 2. The summed E-state index contributed by atoms with van der Waals surface area (Å²) >= 11 is 0.